The summed E-state index contributed by atoms with van der Waals surface area (Å²) in [5.41, 5.74) is 1.86. The summed E-state index contributed by atoms with van der Waals surface area (Å²) < 4.78 is 4.80. The molecule has 0 saturated carbocycles. The van der Waals surface area contributed by atoms with E-state index in [0.717, 1.165) is 17.0 Å². The van der Waals surface area contributed by atoms with E-state index in [4.69, 9.17) is 17.0 Å². The number of benzene rings is 1. The number of methoxy groups -OCH3 is 1. The molecule has 126 valence electrons. The molecule has 0 amide bonds. The van der Waals surface area contributed by atoms with Crippen LogP contribution in [0.5, 0.6) is 0 Å². The summed E-state index contributed by atoms with van der Waals surface area (Å²) >= 11 is 6.76. The fourth-order valence-corrected chi connectivity index (χ4v) is 3.30. The first-order valence-electron chi connectivity index (χ1n) is 7.34. The van der Waals surface area contributed by atoms with Crippen LogP contribution in [0.3, 0.4) is 0 Å². The van der Waals surface area contributed by atoms with E-state index in [1.807, 2.05) is 13.0 Å². The van der Waals surface area contributed by atoms with Gasteiger partial charge in [-0.05, 0) is 55.9 Å². The van der Waals surface area contributed by atoms with E-state index in [2.05, 4.69) is 10.6 Å². The molecule has 1 heterocycles. The molecular formula is C17H18N2O3S2. The van der Waals surface area contributed by atoms with Crippen LogP contribution in [-0.4, -0.2) is 24.0 Å². The molecule has 1 aromatic heterocycles. The lowest BCUT2D eigenvalue weighted by atomic mass is 10.1. The van der Waals surface area contributed by atoms with Crippen molar-refractivity contribution in [1.82, 2.24) is 0 Å². The SMILES string of the molecule is CCc1cc(C(=O)OC)c(NC(=S)Nc2ccc(C(C)=O)cc2)s1. The summed E-state index contributed by atoms with van der Waals surface area (Å²) in [7, 11) is 1.35. The Bertz CT molecular complexity index is 767. The third kappa shape index (κ3) is 4.39. The van der Waals surface area contributed by atoms with Gasteiger partial charge in [0.25, 0.3) is 0 Å². The molecule has 0 atom stereocenters. The van der Waals surface area contributed by atoms with Gasteiger partial charge >= 0.3 is 5.97 Å². The molecule has 0 aliphatic carbocycles. The standard InChI is InChI=1S/C17H18N2O3S2/c1-4-13-9-14(16(21)22-3)15(24-13)19-17(23)18-12-7-5-11(6-8-12)10(2)20/h5-9H,4H2,1-3H3,(H2,18,19,23). The topological polar surface area (TPSA) is 67.4 Å². The molecule has 1 aromatic carbocycles. The minimum Gasteiger partial charge on any atom is -0.465 e. The van der Waals surface area contributed by atoms with Gasteiger partial charge in [0.05, 0.1) is 12.7 Å². The lowest BCUT2D eigenvalue weighted by molar-refractivity contribution is 0.0602. The molecule has 0 fully saturated rings. The maximum Gasteiger partial charge on any atom is 0.340 e. The fraction of sp³-hybridized carbons (Fsp3) is 0.235. The first-order chi connectivity index (χ1) is 11.4. The molecular weight excluding hydrogens is 344 g/mol. The quantitative estimate of drug-likeness (QED) is 0.474. The Hall–Kier alpha value is -2.25. The van der Waals surface area contributed by atoms with E-state index in [1.165, 1.54) is 25.4 Å². The van der Waals surface area contributed by atoms with Crippen LogP contribution in [0.1, 0.15) is 39.4 Å². The van der Waals surface area contributed by atoms with Crippen molar-refractivity contribution in [1.29, 1.82) is 0 Å². The van der Waals surface area contributed by atoms with Crippen LogP contribution in [-0.2, 0) is 11.2 Å². The minimum absolute atomic E-state index is 0.00986. The average Bonchev–Trinajstić information content (AvgIpc) is 2.97. The molecule has 2 N–H and O–H groups in total. The fourth-order valence-electron chi connectivity index (χ4n) is 2.02. The van der Waals surface area contributed by atoms with Crippen molar-refractivity contribution in [2.24, 2.45) is 0 Å². The average molecular weight is 362 g/mol. The molecule has 0 saturated heterocycles. The lowest BCUT2D eigenvalue weighted by Gasteiger charge is -2.10. The van der Waals surface area contributed by atoms with Gasteiger partial charge in [0.15, 0.2) is 10.9 Å². The van der Waals surface area contributed by atoms with Crippen molar-refractivity contribution in [3.8, 4) is 0 Å². The smallest absolute Gasteiger partial charge is 0.340 e. The second-order valence-corrected chi connectivity index (χ2v) is 6.56. The number of anilines is 2. The monoisotopic (exact) mass is 362 g/mol. The molecule has 0 spiro atoms. The van der Waals surface area contributed by atoms with Crippen molar-refractivity contribution < 1.29 is 14.3 Å². The van der Waals surface area contributed by atoms with Gasteiger partial charge in [-0.15, -0.1) is 11.3 Å². The molecule has 2 rings (SSSR count). The van der Waals surface area contributed by atoms with Crippen LogP contribution in [0.2, 0.25) is 0 Å². The number of ketones is 1. The van der Waals surface area contributed by atoms with Crippen LogP contribution in [0.15, 0.2) is 30.3 Å². The third-order valence-corrected chi connectivity index (χ3v) is 4.71. The second-order valence-electron chi connectivity index (χ2n) is 5.01. The van der Waals surface area contributed by atoms with Crippen LogP contribution in [0.4, 0.5) is 10.7 Å². The van der Waals surface area contributed by atoms with Gasteiger partial charge in [0.1, 0.15) is 5.00 Å². The molecule has 7 heteroatoms. The number of aryl methyl sites for hydroxylation is 1. The van der Waals surface area contributed by atoms with E-state index in [0.29, 0.717) is 21.2 Å². The predicted molar refractivity (Wildman–Crippen MR) is 101 cm³/mol. The zero-order chi connectivity index (χ0) is 17.7. The van der Waals surface area contributed by atoms with Gasteiger partial charge in [-0.2, -0.15) is 0 Å². The minimum atomic E-state index is -0.401. The molecule has 24 heavy (non-hydrogen) atoms. The summed E-state index contributed by atoms with van der Waals surface area (Å²) in [6.07, 6.45) is 0.822. The van der Waals surface area contributed by atoms with E-state index < -0.39 is 5.97 Å². The van der Waals surface area contributed by atoms with Gasteiger partial charge in [-0.1, -0.05) is 6.92 Å². The van der Waals surface area contributed by atoms with Gasteiger partial charge in [0, 0.05) is 16.1 Å². The first-order valence-corrected chi connectivity index (χ1v) is 8.57. The zero-order valence-electron chi connectivity index (χ0n) is 13.6. The highest BCUT2D eigenvalue weighted by molar-refractivity contribution is 7.80. The number of nitrogens with one attached hydrogen (secondary N) is 2. The maximum absolute atomic E-state index is 11.9. The Labute approximate surface area is 150 Å². The van der Waals surface area contributed by atoms with Gasteiger partial charge < -0.3 is 15.4 Å². The second kappa shape index (κ2) is 8.03. The Balaban J connectivity index is 2.10. The first kappa shape index (κ1) is 18.1. The highest BCUT2D eigenvalue weighted by atomic mass is 32.1. The molecule has 2 aromatic rings. The number of hydrogen-bond donors (Lipinski definition) is 2. The van der Waals surface area contributed by atoms with E-state index in [9.17, 15) is 9.59 Å². The summed E-state index contributed by atoms with van der Waals surface area (Å²) in [5.74, 6) is -0.391. The molecule has 0 unspecified atom stereocenters. The highest BCUT2D eigenvalue weighted by Crippen LogP contribution is 2.29. The molecule has 0 radical (unpaired) electrons. The number of thiocarbonyl (C=S) groups is 1. The maximum atomic E-state index is 11.9. The van der Waals surface area contributed by atoms with Crippen LogP contribution in [0, 0.1) is 0 Å². The van der Waals surface area contributed by atoms with Crippen LogP contribution >= 0.6 is 23.6 Å². The lowest BCUT2D eigenvalue weighted by Crippen LogP contribution is -2.19. The molecule has 0 bridgehead atoms. The van der Waals surface area contributed by atoms with Gasteiger partial charge in [0.2, 0.25) is 0 Å². The Kier molecular flexibility index (Phi) is 6.05. The number of esters is 1. The molecule has 0 aliphatic heterocycles. The number of hydrogen-bond acceptors (Lipinski definition) is 5. The Morgan fingerprint density at radius 2 is 1.88 bits per heavy atom. The van der Waals surface area contributed by atoms with Crippen molar-refractivity contribution in [2.45, 2.75) is 20.3 Å². The number of ether oxygens (including phenoxy) is 1. The number of Topliss-reactive ketones (excluding diaryl/α,β-unsaturated/α-hetero) is 1. The Morgan fingerprint density at radius 3 is 2.42 bits per heavy atom. The van der Waals surface area contributed by atoms with Crippen LogP contribution in [0.25, 0.3) is 0 Å². The predicted octanol–water partition coefficient (Wildman–Crippen LogP) is 4.11. The van der Waals surface area contributed by atoms with E-state index in [1.54, 1.807) is 24.3 Å². The number of rotatable bonds is 5. The third-order valence-electron chi connectivity index (χ3n) is 3.31. The van der Waals surface area contributed by atoms with Crippen LogP contribution < -0.4 is 10.6 Å². The summed E-state index contributed by atoms with van der Waals surface area (Å²) in [6, 6.07) is 8.82. The van der Waals surface area contributed by atoms with Crippen molar-refractivity contribution in [3.05, 3.63) is 46.3 Å². The van der Waals surface area contributed by atoms with E-state index in [-0.39, 0.29) is 5.78 Å². The molecule has 5 nitrogen and oxygen atoms in total. The Morgan fingerprint density at radius 1 is 1.21 bits per heavy atom. The van der Waals surface area contributed by atoms with Gasteiger partial charge in [-0.3, -0.25) is 4.79 Å². The normalized spacial score (nSPS) is 10.1. The van der Waals surface area contributed by atoms with Crippen molar-refractivity contribution in [3.63, 3.8) is 0 Å². The number of carbonyl (C=O) groups excluding carboxylic acids is 2. The van der Waals surface area contributed by atoms with Gasteiger partial charge in [-0.25, -0.2) is 4.79 Å². The van der Waals surface area contributed by atoms with Crippen molar-refractivity contribution in [2.75, 3.05) is 17.7 Å². The highest BCUT2D eigenvalue weighted by Gasteiger charge is 2.17. The molecule has 0 aliphatic rings. The summed E-state index contributed by atoms with van der Waals surface area (Å²) in [4.78, 5) is 24.2. The summed E-state index contributed by atoms with van der Waals surface area (Å²) in [6.45, 7) is 3.54. The summed E-state index contributed by atoms with van der Waals surface area (Å²) in [5, 5.41) is 7.08. The largest absolute Gasteiger partial charge is 0.465 e. The van der Waals surface area contributed by atoms with Crippen molar-refractivity contribution >= 4 is 51.1 Å². The van der Waals surface area contributed by atoms with E-state index >= 15 is 0 Å². The number of thiophene rings is 1. The number of carbonyl (C=O) groups is 2. The zero-order valence-corrected chi connectivity index (χ0v) is 15.3.